The van der Waals surface area contributed by atoms with Gasteiger partial charge in [0.25, 0.3) is 0 Å². The molecule has 16 heavy (non-hydrogen) atoms. The van der Waals surface area contributed by atoms with Gasteiger partial charge in [-0.3, -0.25) is 0 Å². The van der Waals surface area contributed by atoms with E-state index in [9.17, 15) is 0 Å². The van der Waals surface area contributed by atoms with Gasteiger partial charge in [0.15, 0.2) is 0 Å². The van der Waals surface area contributed by atoms with Crippen LogP contribution in [0.1, 0.15) is 37.9 Å². The molecule has 0 bridgehead atoms. The van der Waals surface area contributed by atoms with Crippen molar-refractivity contribution in [1.29, 1.82) is 0 Å². The van der Waals surface area contributed by atoms with E-state index < -0.39 is 0 Å². The summed E-state index contributed by atoms with van der Waals surface area (Å²) in [5, 5.41) is 3.61. The summed E-state index contributed by atoms with van der Waals surface area (Å²) in [4.78, 5) is 0. The molecule has 88 valence electrons. The highest BCUT2D eigenvalue weighted by molar-refractivity contribution is 5.40. The third kappa shape index (κ3) is 2.07. The van der Waals surface area contributed by atoms with Crippen molar-refractivity contribution in [1.82, 2.24) is 5.32 Å². The Hall–Kier alpha value is -1.02. The van der Waals surface area contributed by atoms with Crippen LogP contribution in [0.15, 0.2) is 18.2 Å². The highest BCUT2D eigenvalue weighted by atomic mass is 16.5. The minimum Gasteiger partial charge on any atom is -0.497 e. The minimum atomic E-state index is 0.238. The number of hydrogen-bond acceptors (Lipinski definition) is 2. The van der Waals surface area contributed by atoms with Crippen molar-refractivity contribution in [3.05, 3.63) is 29.3 Å². The van der Waals surface area contributed by atoms with Gasteiger partial charge in [-0.15, -0.1) is 0 Å². The van der Waals surface area contributed by atoms with Crippen LogP contribution in [0.2, 0.25) is 0 Å². The molecule has 1 N–H and O–H groups in total. The molecule has 2 rings (SSSR count). The zero-order valence-electron chi connectivity index (χ0n) is 10.6. The molecule has 0 aromatic heterocycles. The first kappa shape index (κ1) is 11.5. The summed E-state index contributed by atoms with van der Waals surface area (Å²) in [5.74, 6) is 0.955. The predicted molar refractivity (Wildman–Crippen MR) is 66.9 cm³/mol. The third-order valence-corrected chi connectivity index (χ3v) is 3.27. The van der Waals surface area contributed by atoms with Gasteiger partial charge < -0.3 is 10.1 Å². The summed E-state index contributed by atoms with van der Waals surface area (Å²) in [6.45, 7) is 7.90. The Kier molecular flexibility index (Phi) is 2.94. The SMILES string of the molecule is COc1ccc2c(c1)C(C(C)(C)C)NCC2. The van der Waals surface area contributed by atoms with Crippen LogP contribution in [-0.2, 0) is 6.42 Å². The van der Waals surface area contributed by atoms with Crippen molar-refractivity contribution in [3.8, 4) is 5.75 Å². The van der Waals surface area contributed by atoms with Gasteiger partial charge in [0, 0.05) is 6.04 Å². The lowest BCUT2D eigenvalue weighted by atomic mass is 9.78. The zero-order chi connectivity index (χ0) is 11.8. The summed E-state index contributed by atoms with van der Waals surface area (Å²) in [7, 11) is 1.73. The van der Waals surface area contributed by atoms with Gasteiger partial charge >= 0.3 is 0 Å². The van der Waals surface area contributed by atoms with E-state index in [1.165, 1.54) is 11.1 Å². The lowest BCUT2D eigenvalue weighted by Crippen LogP contribution is -2.37. The van der Waals surface area contributed by atoms with E-state index in [0.29, 0.717) is 6.04 Å². The van der Waals surface area contributed by atoms with E-state index >= 15 is 0 Å². The largest absolute Gasteiger partial charge is 0.497 e. The number of methoxy groups -OCH3 is 1. The van der Waals surface area contributed by atoms with Crippen molar-refractivity contribution in [3.63, 3.8) is 0 Å². The van der Waals surface area contributed by atoms with E-state index in [-0.39, 0.29) is 5.41 Å². The van der Waals surface area contributed by atoms with Gasteiger partial charge in [0.2, 0.25) is 0 Å². The standard InChI is InChI=1S/C14H21NO/c1-14(2,3)13-12-9-11(16-4)6-5-10(12)7-8-15-13/h5-6,9,13,15H,7-8H2,1-4H3. The molecule has 1 unspecified atom stereocenters. The fourth-order valence-electron chi connectivity index (χ4n) is 2.43. The predicted octanol–water partition coefficient (Wildman–Crippen LogP) is 2.93. The van der Waals surface area contributed by atoms with Gasteiger partial charge in [0.1, 0.15) is 5.75 Å². The Bertz CT molecular complexity index is 379. The van der Waals surface area contributed by atoms with Crippen molar-refractivity contribution >= 4 is 0 Å². The first-order valence-corrected chi connectivity index (χ1v) is 5.92. The Morgan fingerprint density at radius 1 is 1.31 bits per heavy atom. The molecule has 0 aliphatic carbocycles. The van der Waals surface area contributed by atoms with Crippen LogP contribution >= 0.6 is 0 Å². The molecular formula is C14H21NO. The van der Waals surface area contributed by atoms with Crippen molar-refractivity contribution in [2.45, 2.75) is 33.2 Å². The second-order valence-corrected chi connectivity index (χ2v) is 5.57. The minimum absolute atomic E-state index is 0.238. The summed E-state index contributed by atoms with van der Waals surface area (Å²) in [6.07, 6.45) is 1.12. The first-order chi connectivity index (χ1) is 7.52. The number of rotatable bonds is 1. The van der Waals surface area contributed by atoms with Crippen LogP contribution in [0.5, 0.6) is 5.75 Å². The quantitative estimate of drug-likeness (QED) is 0.784. The average molecular weight is 219 g/mol. The maximum atomic E-state index is 5.31. The van der Waals surface area contributed by atoms with E-state index in [4.69, 9.17) is 4.74 Å². The molecule has 1 aliphatic heterocycles. The molecule has 0 saturated carbocycles. The van der Waals surface area contributed by atoms with Crippen molar-refractivity contribution < 1.29 is 4.74 Å². The second-order valence-electron chi connectivity index (χ2n) is 5.57. The van der Waals surface area contributed by atoms with E-state index in [1.807, 2.05) is 0 Å². The van der Waals surface area contributed by atoms with Crippen LogP contribution in [0, 0.1) is 5.41 Å². The van der Waals surface area contributed by atoms with Gasteiger partial charge in [-0.25, -0.2) is 0 Å². The molecule has 0 fully saturated rings. The lowest BCUT2D eigenvalue weighted by Gasteiger charge is -2.36. The zero-order valence-corrected chi connectivity index (χ0v) is 10.6. The fraction of sp³-hybridized carbons (Fsp3) is 0.571. The van der Waals surface area contributed by atoms with Gasteiger partial charge in [0.05, 0.1) is 7.11 Å². The molecule has 2 nitrogen and oxygen atoms in total. The summed E-state index contributed by atoms with van der Waals surface area (Å²) in [6, 6.07) is 6.86. The normalized spacial score (nSPS) is 20.4. The molecule has 0 saturated heterocycles. The first-order valence-electron chi connectivity index (χ1n) is 5.92. The maximum Gasteiger partial charge on any atom is 0.119 e. The summed E-state index contributed by atoms with van der Waals surface area (Å²) >= 11 is 0. The third-order valence-electron chi connectivity index (χ3n) is 3.27. The van der Waals surface area contributed by atoms with Crippen LogP contribution in [0.25, 0.3) is 0 Å². The smallest absolute Gasteiger partial charge is 0.119 e. The summed E-state index contributed by atoms with van der Waals surface area (Å²) in [5.41, 5.74) is 3.10. The Balaban J connectivity index is 2.43. The number of hydrogen-bond donors (Lipinski definition) is 1. The summed E-state index contributed by atoms with van der Waals surface area (Å²) < 4.78 is 5.31. The monoisotopic (exact) mass is 219 g/mol. The average Bonchev–Trinajstić information content (AvgIpc) is 2.26. The van der Waals surface area contributed by atoms with E-state index in [0.717, 1.165) is 18.7 Å². The van der Waals surface area contributed by atoms with Crippen molar-refractivity contribution in [2.75, 3.05) is 13.7 Å². The van der Waals surface area contributed by atoms with Crippen LogP contribution < -0.4 is 10.1 Å². The van der Waals surface area contributed by atoms with Gasteiger partial charge in [-0.2, -0.15) is 0 Å². The van der Waals surface area contributed by atoms with Crippen molar-refractivity contribution in [2.24, 2.45) is 5.41 Å². The molecule has 0 amide bonds. The van der Waals surface area contributed by atoms with Gasteiger partial charge in [-0.05, 0) is 41.6 Å². The van der Waals surface area contributed by atoms with Crippen LogP contribution in [-0.4, -0.2) is 13.7 Å². The molecule has 1 heterocycles. The highest BCUT2D eigenvalue weighted by Gasteiger charge is 2.30. The molecule has 0 radical (unpaired) electrons. The second kappa shape index (κ2) is 4.10. The molecule has 1 atom stereocenters. The Labute approximate surface area is 98.0 Å². The Morgan fingerprint density at radius 2 is 2.06 bits per heavy atom. The Morgan fingerprint density at radius 3 is 2.69 bits per heavy atom. The maximum absolute atomic E-state index is 5.31. The number of fused-ring (bicyclic) bond motifs is 1. The molecule has 1 aliphatic rings. The van der Waals surface area contributed by atoms with Crippen LogP contribution in [0.4, 0.5) is 0 Å². The molecule has 1 aromatic carbocycles. The van der Waals surface area contributed by atoms with Crippen LogP contribution in [0.3, 0.4) is 0 Å². The molecular weight excluding hydrogens is 198 g/mol. The van der Waals surface area contributed by atoms with E-state index in [2.05, 4.69) is 44.3 Å². The number of ether oxygens (including phenoxy) is 1. The van der Waals surface area contributed by atoms with Gasteiger partial charge in [-0.1, -0.05) is 26.8 Å². The highest BCUT2D eigenvalue weighted by Crippen LogP contribution is 2.38. The molecule has 0 spiro atoms. The topological polar surface area (TPSA) is 21.3 Å². The molecule has 2 heteroatoms. The fourth-order valence-corrected chi connectivity index (χ4v) is 2.43. The number of nitrogens with one attached hydrogen (secondary N) is 1. The number of benzene rings is 1. The lowest BCUT2D eigenvalue weighted by molar-refractivity contribution is 0.263. The van der Waals surface area contributed by atoms with E-state index in [1.54, 1.807) is 7.11 Å². The molecule has 1 aromatic rings.